The Hall–Kier alpha value is -0.280. The molecule has 0 amide bonds. The number of unbranched alkanes of at least 4 members (excludes halogenated alkanes) is 1. The topological polar surface area (TPSA) is 25.8 Å². The summed E-state index contributed by atoms with van der Waals surface area (Å²) in [4.78, 5) is 8.23. The molecule has 0 atom stereocenters. The molecule has 2 nitrogen and oxygen atoms in total. The van der Waals surface area contributed by atoms with Crippen molar-refractivity contribution in [3.63, 3.8) is 0 Å². The Morgan fingerprint density at radius 1 is 1.36 bits per heavy atom. The summed E-state index contributed by atoms with van der Waals surface area (Å²) in [5.74, 6) is 1.11. The molecular weight excluding hydrogens is 216 g/mol. The van der Waals surface area contributed by atoms with Crippen LogP contribution >= 0.6 is 23.4 Å². The van der Waals surface area contributed by atoms with E-state index in [1.54, 1.807) is 11.8 Å². The maximum Gasteiger partial charge on any atom is 0.136 e. The van der Waals surface area contributed by atoms with Gasteiger partial charge in [0.25, 0.3) is 0 Å². The van der Waals surface area contributed by atoms with Gasteiger partial charge in [0.05, 0.1) is 0 Å². The molecule has 0 saturated heterocycles. The summed E-state index contributed by atoms with van der Waals surface area (Å²) in [7, 11) is 0. The van der Waals surface area contributed by atoms with E-state index < -0.39 is 0 Å². The number of aromatic nitrogens is 2. The van der Waals surface area contributed by atoms with E-state index in [0.717, 1.165) is 22.8 Å². The molecule has 0 spiro atoms. The van der Waals surface area contributed by atoms with Crippen LogP contribution < -0.4 is 0 Å². The molecule has 0 bridgehead atoms. The van der Waals surface area contributed by atoms with E-state index in [2.05, 4.69) is 23.8 Å². The highest BCUT2D eigenvalue weighted by Crippen LogP contribution is 2.25. The number of rotatable bonds is 5. The normalized spacial score (nSPS) is 10.5. The van der Waals surface area contributed by atoms with Crippen LogP contribution in [0.25, 0.3) is 0 Å². The average Bonchev–Trinajstić information content (AvgIpc) is 2.18. The second kappa shape index (κ2) is 6.25. The van der Waals surface area contributed by atoms with E-state index in [9.17, 15) is 0 Å². The average molecular weight is 231 g/mol. The van der Waals surface area contributed by atoms with E-state index in [0.29, 0.717) is 5.15 Å². The molecule has 0 aliphatic rings. The molecule has 0 aliphatic carbocycles. The van der Waals surface area contributed by atoms with Crippen molar-refractivity contribution in [2.75, 3.05) is 5.75 Å². The Kier molecular flexibility index (Phi) is 5.26. The quantitative estimate of drug-likeness (QED) is 0.439. The molecule has 0 aliphatic heterocycles. The van der Waals surface area contributed by atoms with Crippen LogP contribution in [0.1, 0.15) is 32.3 Å². The van der Waals surface area contributed by atoms with Gasteiger partial charge in [-0.1, -0.05) is 31.9 Å². The molecule has 0 saturated carbocycles. The molecule has 0 fully saturated rings. The lowest BCUT2D eigenvalue weighted by Crippen LogP contribution is -1.94. The van der Waals surface area contributed by atoms with E-state index in [1.165, 1.54) is 19.2 Å². The lowest BCUT2D eigenvalue weighted by molar-refractivity contribution is 0.889. The molecule has 1 heterocycles. The Labute approximate surface area is 94.5 Å². The van der Waals surface area contributed by atoms with Crippen LogP contribution in [0.15, 0.2) is 11.4 Å². The molecule has 1 aromatic heterocycles. The van der Waals surface area contributed by atoms with Crippen molar-refractivity contribution in [1.82, 2.24) is 9.97 Å². The summed E-state index contributed by atoms with van der Waals surface area (Å²) in [6.45, 7) is 4.27. The summed E-state index contributed by atoms with van der Waals surface area (Å²) in [6, 6.07) is 0. The van der Waals surface area contributed by atoms with E-state index >= 15 is 0 Å². The van der Waals surface area contributed by atoms with Crippen molar-refractivity contribution >= 4 is 23.4 Å². The molecule has 1 rings (SSSR count). The molecule has 0 N–H and O–H groups in total. The lowest BCUT2D eigenvalue weighted by atomic mass is 10.3. The van der Waals surface area contributed by atoms with Gasteiger partial charge in [-0.25, -0.2) is 9.97 Å². The zero-order chi connectivity index (χ0) is 10.4. The highest BCUT2D eigenvalue weighted by Gasteiger charge is 2.07. The van der Waals surface area contributed by atoms with Crippen LogP contribution in [-0.2, 0) is 6.42 Å². The van der Waals surface area contributed by atoms with Gasteiger partial charge in [-0.05, 0) is 18.6 Å². The second-order valence-corrected chi connectivity index (χ2v) is 4.45. The molecular formula is C10H15ClN2S. The second-order valence-electron chi connectivity index (χ2n) is 3.00. The molecule has 78 valence electrons. The van der Waals surface area contributed by atoms with Gasteiger partial charge in [-0.3, -0.25) is 0 Å². The lowest BCUT2D eigenvalue weighted by Gasteiger charge is -2.06. The van der Waals surface area contributed by atoms with Crippen molar-refractivity contribution in [2.45, 2.75) is 38.1 Å². The summed E-state index contributed by atoms with van der Waals surface area (Å²) in [6.07, 6.45) is 4.87. The van der Waals surface area contributed by atoms with Gasteiger partial charge in [0, 0.05) is 5.56 Å². The van der Waals surface area contributed by atoms with Crippen molar-refractivity contribution < 1.29 is 0 Å². The molecule has 14 heavy (non-hydrogen) atoms. The standard InChI is InChI=1S/C10H15ClN2S/c1-3-5-6-14-10-8(4-2)9(11)12-7-13-10/h7H,3-6H2,1-2H3. The summed E-state index contributed by atoms with van der Waals surface area (Å²) in [5, 5.41) is 1.64. The Bertz CT molecular complexity index is 291. The predicted octanol–water partition coefficient (Wildman–Crippen LogP) is 3.58. The SMILES string of the molecule is CCCCSc1ncnc(Cl)c1CC. The highest BCUT2D eigenvalue weighted by atomic mass is 35.5. The van der Waals surface area contributed by atoms with Gasteiger partial charge in [-0.2, -0.15) is 0 Å². The van der Waals surface area contributed by atoms with Crippen LogP contribution in [0, 0.1) is 0 Å². The van der Waals surface area contributed by atoms with Gasteiger partial charge in [0.2, 0.25) is 0 Å². The van der Waals surface area contributed by atoms with Crippen LogP contribution in [0.3, 0.4) is 0 Å². The molecule has 0 radical (unpaired) electrons. The van der Waals surface area contributed by atoms with Gasteiger partial charge >= 0.3 is 0 Å². The van der Waals surface area contributed by atoms with Gasteiger partial charge in [-0.15, -0.1) is 11.8 Å². The number of halogens is 1. The zero-order valence-electron chi connectivity index (χ0n) is 8.59. The molecule has 4 heteroatoms. The predicted molar refractivity (Wildman–Crippen MR) is 62.1 cm³/mol. The Morgan fingerprint density at radius 2 is 2.14 bits per heavy atom. The van der Waals surface area contributed by atoms with Crippen LogP contribution in [0.5, 0.6) is 0 Å². The van der Waals surface area contributed by atoms with E-state index in [4.69, 9.17) is 11.6 Å². The van der Waals surface area contributed by atoms with Crippen molar-refractivity contribution in [3.8, 4) is 0 Å². The minimum absolute atomic E-state index is 0.599. The van der Waals surface area contributed by atoms with E-state index in [1.807, 2.05) is 0 Å². The first-order valence-electron chi connectivity index (χ1n) is 4.91. The maximum absolute atomic E-state index is 5.98. The summed E-state index contributed by atoms with van der Waals surface area (Å²) < 4.78 is 0. The largest absolute Gasteiger partial charge is 0.230 e. The minimum Gasteiger partial charge on any atom is -0.230 e. The summed E-state index contributed by atoms with van der Waals surface area (Å²) >= 11 is 7.75. The van der Waals surface area contributed by atoms with E-state index in [-0.39, 0.29) is 0 Å². The van der Waals surface area contributed by atoms with Gasteiger partial charge in [0.1, 0.15) is 16.5 Å². The Morgan fingerprint density at radius 3 is 2.79 bits per heavy atom. The van der Waals surface area contributed by atoms with Gasteiger partial charge in [0.15, 0.2) is 0 Å². The molecule has 0 aromatic carbocycles. The third-order valence-corrected chi connectivity index (χ3v) is 3.39. The monoisotopic (exact) mass is 230 g/mol. The molecule has 0 unspecified atom stereocenters. The number of thioether (sulfide) groups is 1. The Balaban J connectivity index is 2.70. The van der Waals surface area contributed by atoms with Crippen molar-refractivity contribution in [2.24, 2.45) is 0 Å². The number of hydrogen-bond donors (Lipinski definition) is 0. The first kappa shape index (κ1) is 11.8. The third-order valence-electron chi connectivity index (χ3n) is 1.94. The van der Waals surface area contributed by atoms with Crippen LogP contribution in [0.4, 0.5) is 0 Å². The highest BCUT2D eigenvalue weighted by molar-refractivity contribution is 7.99. The first-order chi connectivity index (χ1) is 6.79. The zero-order valence-corrected chi connectivity index (χ0v) is 10.2. The van der Waals surface area contributed by atoms with Crippen LogP contribution in [0.2, 0.25) is 5.15 Å². The minimum atomic E-state index is 0.599. The van der Waals surface area contributed by atoms with Crippen molar-refractivity contribution in [3.05, 3.63) is 17.0 Å². The molecule has 1 aromatic rings. The fraction of sp³-hybridized carbons (Fsp3) is 0.600. The first-order valence-corrected chi connectivity index (χ1v) is 6.28. The van der Waals surface area contributed by atoms with Crippen molar-refractivity contribution in [1.29, 1.82) is 0 Å². The third kappa shape index (κ3) is 3.14. The fourth-order valence-electron chi connectivity index (χ4n) is 1.11. The van der Waals surface area contributed by atoms with Gasteiger partial charge < -0.3 is 0 Å². The maximum atomic E-state index is 5.98. The number of nitrogens with zero attached hydrogens (tertiary/aromatic N) is 2. The summed E-state index contributed by atoms with van der Waals surface area (Å²) in [5.41, 5.74) is 1.08. The van der Waals surface area contributed by atoms with Crippen LogP contribution in [-0.4, -0.2) is 15.7 Å². The fourth-order valence-corrected chi connectivity index (χ4v) is 2.60. The number of hydrogen-bond acceptors (Lipinski definition) is 3. The smallest absolute Gasteiger partial charge is 0.136 e.